The maximum Gasteiger partial charge on any atom is 0.138 e. The van der Waals surface area contributed by atoms with Gasteiger partial charge in [-0.1, -0.05) is 19.9 Å². The molecule has 3 nitrogen and oxygen atoms in total. The molecule has 0 aliphatic heterocycles. The molecule has 0 N–H and O–H groups in total. The van der Waals surface area contributed by atoms with Gasteiger partial charge in [0, 0.05) is 0 Å². The molecule has 0 aromatic heterocycles. The van der Waals surface area contributed by atoms with Crippen LogP contribution in [0.4, 0.5) is 0 Å². The predicted octanol–water partition coefficient (Wildman–Crippen LogP) is 3.00. The van der Waals surface area contributed by atoms with Gasteiger partial charge >= 0.3 is 0 Å². The van der Waals surface area contributed by atoms with E-state index in [2.05, 4.69) is 0 Å². The second kappa shape index (κ2) is 5.78. The molecular formula is C13H14N2O. The fourth-order valence-corrected chi connectivity index (χ4v) is 1.47. The number of hydrogen-bond acceptors (Lipinski definition) is 3. The minimum absolute atomic E-state index is 0.0982. The highest BCUT2D eigenvalue weighted by Gasteiger charge is 2.12. The van der Waals surface area contributed by atoms with E-state index in [9.17, 15) is 0 Å². The summed E-state index contributed by atoms with van der Waals surface area (Å²) in [5.74, 6) is 0.509. The zero-order valence-corrected chi connectivity index (χ0v) is 9.53. The van der Waals surface area contributed by atoms with Gasteiger partial charge < -0.3 is 4.74 Å². The van der Waals surface area contributed by atoms with Gasteiger partial charge in [0.05, 0.1) is 11.7 Å². The first-order chi connectivity index (χ1) is 7.76. The third kappa shape index (κ3) is 2.52. The minimum atomic E-state index is 0.0982. The Morgan fingerprint density at radius 1 is 1.19 bits per heavy atom. The van der Waals surface area contributed by atoms with Gasteiger partial charge in [-0.05, 0) is 25.0 Å². The Hall–Kier alpha value is -2.00. The van der Waals surface area contributed by atoms with Crippen LogP contribution in [0.15, 0.2) is 18.2 Å². The van der Waals surface area contributed by atoms with Crippen LogP contribution < -0.4 is 4.74 Å². The Morgan fingerprint density at radius 3 is 2.38 bits per heavy atom. The molecular weight excluding hydrogens is 200 g/mol. The lowest BCUT2D eigenvalue weighted by Crippen LogP contribution is -2.14. The van der Waals surface area contributed by atoms with Gasteiger partial charge in [0.15, 0.2) is 0 Å². The van der Waals surface area contributed by atoms with E-state index in [0.29, 0.717) is 16.9 Å². The van der Waals surface area contributed by atoms with E-state index in [1.165, 1.54) is 0 Å². The number of nitrogens with zero attached hydrogens (tertiary/aromatic N) is 2. The SMILES string of the molecule is CCC(CC)Oc1cccc(C#N)c1C#N. The fourth-order valence-electron chi connectivity index (χ4n) is 1.47. The maximum absolute atomic E-state index is 9.01. The van der Waals surface area contributed by atoms with Crippen LogP contribution in [0.3, 0.4) is 0 Å². The summed E-state index contributed by atoms with van der Waals surface area (Å²) in [7, 11) is 0. The first-order valence-electron chi connectivity index (χ1n) is 5.36. The van der Waals surface area contributed by atoms with E-state index in [-0.39, 0.29) is 6.10 Å². The van der Waals surface area contributed by atoms with Gasteiger partial charge in [-0.15, -0.1) is 0 Å². The Kier molecular flexibility index (Phi) is 4.36. The van der Waals surface area contributed by atoms with Gasteiger partial charge in [0.2, 0.25) is 0 Å². The molecule has 0 amide bonds. The van der Waals surface area contributed by atoms with Crippen molar-refractivity contribution in [3.63, 3.8) is 0 Å². The van der Waals surface area contributed by atoms with Crippen molar-refractivity contribution in [3.8, 4) is 17.9 Å². The molecule has 82 valence electrons. The normalized spacial score (nSPS) is 9.56. The summed E-state index contributed by atoms with van der Waals surface area (Å²) in [6, 6.07) is 9.11. The molecule has 0 spiro atoms. The van der Waals surface area contributed by atoms with Gasteiger partial charge in [-0.2, -0.15) is 10.5 Å². The van der Waals surface area contributed by atoms with Crippen molar-refractivity contribution in [1.82, 2.24) is 0 Å². The van der Waals surface area contributed by atoms with E-state index in [0.717, 1.165) is 12.8 Å². The molecule has 0 atom stereocenters. The quantitative estimate of drug-likeness (QED) is 0.774. The molecule has 0 radical (unpaired) electrons. The van der Waals surface area contributed by atoms with E-state index in [4.69, 9.17) is 15.3 Å². The highest BCUT2D eigenvalue weighted by Crippen LogP contribution is 2.23. The van der Waals surface area contributed by atoms with Crippen molar-refractivity contribution in [3.05, 3.63) is 29.3 Å². The van der Waals surface area contributed by atoms with Crippen LogP contribution in [-0.2, 0) is 0 Å². The summed E-state index contributed by atoms with van der Waals surface area (Å²) < 4.78 is 5.70. The lowest BCUT2D eigenvalue weighted by Gasteiger charge is -2.16. The number of benzene rings is 1. The average Bonchev–Trinajstić information content (AvgIpc) is 2.35. The van der Waals surface area contributed by atoms with Crippen molar-refractivity contribution < 1.29 is 4.74 Å². The summed E-state index contributed by atoms with van der Waals surface area (Å²) in [5.41, 5.74) is 0.697. The minimum Gasteiger partial charge on any atom is -0.489 e. The third-order valence-corrected chi connectivity index (χ3v) is 2.46. The fraction of sp³-hybridized carbons (Fsp3) is 0.385. The number of ether oxygens (including phenoxy) is 1. The van der Waals surface area contributed by atoms with Crippen LogP contribution in [-0.4, -0.2) is 6.10 Å². The second-order valence-electron chi connectivity index (χ2n) is 3.46. The zero-order valence-electron chi connectivity index (χ0n) is 9.53. The first kappa shape index (κ1) is 12.1. The van der Waals surface area contributed by atoms with Gasteiger partial charge in [0.25, 0.3) is 0 Å². The topological polar surface area (TPSA) is 56.8 Å². The molecule has 1 aromatic rings. The lowest BCUT2D eigenvalue weighted by molar-refractivity contribution is 0.192. The van der Waals surface area contributed by atoms with Crippen molar-refractivity contribution in [2.45, 2.75) is 32.8 Å². The standard InChI is InChI=1S/C13H14N2O/c1-3-11(4-2)16-13-7-5-6-10(8-14)12(13)9-15/h5-7,11H,3-4H2,1-2H3. The van der Waals surface area contributed by atoms with E-state index in [1.54, 1.807) is 18.2 Å². The van der Waals surface area contributed by atoms with Crippen molar-refractivity contribution >= 4 is 0 Å². The Morgan fingerprint density at radius 2 is 1.88 bits per heavy atom. The van der Waals surface area contributed by atoms with E-state index >= 15 is 0 Å². The molecule has 0 saturated heterocycles. The summed E-state index contributed by atoms with van der Waals surface area (Å²) in [5, 5.41) is 17.9. The van der Waals surface area contributed by atoms with Crippen molar-refractivity contribution in [2.24, 2.45) is 0 Å². The van der Waals surface area contributed by atoms with E-state index in [1.807, 2.05) is 26.0 Å². The van der Waals surface area contributed by atoms with Crippen LogP contribution in [0.25, 0.3) is 0 Å². The van der Waals surface area contributed by atoms with Crippen molar-refractivity contribution in [1.29, 1.82) is 10.5 Å². The smallest absolute Gasteiger partial charge is 0.138 e. The highest BCUT2D eigenvalue weighted by atomic mass is 16.5. The van der Waals surface area contributed by atoms with Gasteiger partial charge in [-0.25, -0.2) is 0 Å². The monoisotopic (exact) mass is 214 g/mol. The number of rotatable bonds is 4. The highest BCUT2D eigenvalue weighted by molar-refractivity contribution is 5.53. The summed E-state index contributed by atoms with van der Waals surface area (Å²) in [6.45, 7) is 4.07. The first-order valence-corrected chi connectivity index (χ1v) is 5.36. The summed E-state index contributed by atoms with van der Waals surface area (Å²) >= 11 is 0. The van der Waals surface area contributed by atoms with Crippen LogP contribution in [0.1, 0.15) is 37.8 Å². The second-order valence-corrected chi connectivity index (χ2v) is 3.46. The van der Waals surface area contributed by atoms with Crippen LogP contribution in [0.2, 0.25) is 0 Å². The summed E-state index contributed by atoms with van der Waals surface area (Å²) in [4.78, 5) is 0. The third-order valence-electron chi connectivity index (χ3n) is 2.46. The average molecular weight is 214 g/mol. The Labute approximate surface area is 95.9 Å². The maximum atomic E-state index is 9.01. The Balaban J connectivity index is 3.06. The molecule has 0 fully saturated rings. The van der Waals surface area contributed by atoms with Crippen LogP contribution >= 0.6 is 0 Å². The Bertz CT molecular complexity index is 436. The lowest BCUT2D eigenvalue weighted by atomic mass is 10.1. The molecule has 16 heavy (non-hydrogen) atoms. The molecule has 0 aliphatic rings. The molecule has 1 rings (SSSR count). The van der Waals surface area contributed by atoms with Crippen LogP contribution in [0.5, 0.6) is 5.75 Å². The predicted molar refractivity (Wildman–Crippen MR) is 60.9 cm³/mol. The van der Waals surface area contributed by atoms with Crippen molar-refractivity contribution in [2.75, 3.05) is 0 Å². The zero-order chi connectivity index (χ0) is 12.0. The molecule has 1 aromatic carbocycles. The van der Waals surface area contributed by atoms with Gasteiger partial charge in [0.1, 0.15) is 23.5 Å². The molecule has 0 aliphatic carbocycles. The molecule has 3 heteroatoms. The molecule has 0 saturated carbocycles. The van der Waals surface area contributed by atoms with Crippen LogP contribution in [0, 0.1) is 22.7 Å². The van der Waals surface area contributed by atoms with E-state index < -0.39 is 0 Å². The largest absolute Gasteiger partial charge is 0.489 e. The number of hydrogen-bond donors (Lipinski definition) is 0. The molecule has 0 bridgehead atoms. The van der Waals surface area contributed by atoms with Gasteiger partial charge in [-0.3, -0.25) is 0 Å². The summed E-state index contributed by atoms with van der Waals surface area (Å²) in [6.07, 6.45) is 1.87. The number of nitriles is 2. The molecule has 0 unspecified atom stereocenters. The molecule has 0 heterocycles.